The minimum atomic E-state index is -1.86. The summed E-state index contributed by atoms with van der Waals surface area (Å²) >= 11 is 0. The number of carbonyl (C=O) groups is 5. The molecule has 0 saturated carbocycles. The van der Waals surface area contributed by atoms with Crippen molar-refractivity contribution in [1.82, 2.24) is 5.32 Å². The summed E-state index contributed by atoms with van der Waals surface area (Å²) in [7, 11) is 0. The van der Waals surface area contributed by atoms with Crippen LogP contribution in [0.15, 0.2) is 36.1 Å². The summed E-state index contributed by atoms with van der Waals surface area (Å²) in [5.41, 5.74) is -2.35. The van der Waals surface area contributed by atoms with Crippen molar-refractivity contribution in [2.45, 2.75) is 172 Å². The molecule has 7 heterocycles. The Labute approximate surface area is 312 Å². The van der Waals surface area contributed by atoms with Gasteiger partial charge in [0.05, 0.1) is 23.9 Å². The number of nitrogens with one attached hydrogen (secondary N) is 1. The Morgan fingerprint density at radius 1 is 1.02 bits per heavy atom. The van der Waals surface area contributed by atoms with E-state index < -0.39 is 65.0 Å². The largest absolute Gasteiger partial charge is 0.456 e. The van der Waals surface area contributed by atoms with Crippen molar-refractivity contribution in [1.29, 1.82) is 0 Å². The van der Waals surface area contributed by atoms with Gasteiger partial charge < -0.3 is 38.8 Å². The number of hydrogen-bond acceptors (Lipinski definition) is 12. The summed E-state index contributed by atoms with van der Waals surface area (Å²) in [4.78, 5) is 64.5. The number of ketones is 2. The lowest BCUT2D eigenvalue weighted by Gasteiger charge is -2.53. The molecule has 53 heavy (non-hydrogen) atoms. The van der Waals surface area contributed by atoms with Gasteiger partial charge in [-0.3, -0.25) is 19.2 Å². The third-order valence-electron chi connectivity index (χ3n) is 11.6. The molecule has 4 saturated heterocycles. The van der Waals surface area contributed by atoms with Crippen LogP contribution in [-0.2, 0) is 52.4 Å². The van der Waals surface area contributed by atoms with Gasteiger partial charge in [-0.15, -0.1) is 0 Å². The fourth-order valence-electron chi connectivity index (χ4n) is 8.13. The number of hydrogen-bond donors (Lipinski definition) is 2. The second kappa shape index (κ2) is 16.6. The molecular weight excluding hydrogens is 686 g/mol. The number of rotatable bonds is 7. The van der Waals surface area contributed by atoms with E-state index in [0.717, 1.165) is 6.08 Å². The maximum atomic E-state index is 13.6. The van der Waals surface area contributed by atoms with E-state index in [-0.39, 0.29) is 60.8 Å². The van der Waals surface area contributed by atoms with E-state index >= 15 is 0 Å². The summed E-state index contributed by atoms with van der Waals surface area (Å²) in [6.45, 7) is 11.9. The number of amides is 1. The molecule has 0 aliphatic carbocycles. The molecule has 0 aromatic heterocycles. The van der Waals surface area contributed by atoms with Crippen LogP contribution in [0, 0.1) is 11.8 Å². The summed E-state index contributed by atoms with van der Waals surface area (Å²) in [5.74, 6) is -3.70. The SMILES string of the molecule is CCCC(=O)N/C=C\C=C\C[C@H]1OC(=O)/C=C(\C)[C@@](C)(O)[C@H](OC(C)=O)[C@@H]2O[C@@H]2[C@@H]2CC[C@H]3O[C@@]4(CC[C@]3(C)O2)O[C@@H](CC(=O)[C@@H](C)CC1=O)C[C@@H]4C. The van der Waals surface area contributed by atoms with Gasteiger partial charge in [-0.25, -0.2) is 4.79 Å². The molecule has 0 aromatic carbocycles. The Balaban J connectivity index is 1.41. The number of ether oxygens (including phenoxy) is 6. The number of esters is 2. The van der Waals surface area contributed by atoms with Crippen LogP contribution in [-0.4, -0.2) is 94.2 Å². The maximum absolute atomic E-state index is 13.6. The van der Waals surface area contributed by atoms with Crippen molar-refractivity contribution in [3.63, 3.8) is 0 Å². The van der Waals surface area contributed by atoms with Crippen LogP contribution in [0.3, 0.4) is 0 Å². The first-order chi connectivity index (χ1) is 25.0. The number of aliphatic hydroxyl groups is 1. The van der Waals surface area contributed by atoms with E-state index in [1.54, 1.807) is 25.2 Å². The highest BCUT2D eigenvalue weighted by molar-refractivity contribution is 5.92. The molecular formula is C40H57NO12. The number of fused-ring (bicyclic) bond motifs is 2. The molecule has 2 N–H and O–H groups in total. The van der Waals surface area contributed by atoms with Crippen LogP contribution in [0.4, 0.5) is 0 Å². The lowest BCUT2D eigenvalue weighted by atomic mass is 9.78. The summed E-state index contributed by atoms with van der Waals surface area (Å²) in [6, 6.07) is 0. The zero-order chi connectivity index (χ0) is 38.7. The summed E-state index contributed by atoms with van der Waals surface area (Å²) < 4.78 is 37.4. The minimum absolute atomic E-state index is 0.000260. The Kier molecular flexibility index (Phi) is 12.9. The maximum Gasteiger partial charge on any atom is 0.331 e. The van der Waals surface area contributed by atoms with Crippen molar-refractivity contribution >= 4 is 29.4 Å². The van der Waals surface area contributed by atoms with E-state index in [4.69, 9.17) is 28.4 Å². The van der Waals surface area contributed by atoms with Crippen LogP contribution in [0.1, 0.15) is 113 Å². The van der Waals surface area contributed by atoms with E-state index in [9.17, 15) is 29.1 Å². The lowest BCUT2D eigenvalue weighted by Crippen LogP contribution is -2.60. The van der Waals surface area contributed by atoms with Gasteiger partial charge >= 0.3 is 11.9 Å². The predicted octanol–water partition coefficient (Wildman–Crippen LogP) is 4.48. The molecule has 1 amide bonds. The molecule has 13 heteroatoms. The molecule has 7 aliphatic rings. The number of Topliss-reactive ketones (excluding diaryl/α,β-unsaturated/α-hetero) is 2. The molecule has 4 fully saturated rings. The number of carbonyl (C=O) groups excluding carboxylic acids is 5. The molecule has 13 nitrogen and oxygen atoms in total. The highest BCUT2D eigenvalue weighted by Gasteiger charge is 2.62. The van der Waals surface area contributed by atoms with E-state index in [1.807, 2.05) is 13.8 Å². The quantitative estimate of drug-likeness (QED) is 0.213. The van der Waals surface area contributed by atoms with Gasteiger partial charge in [-0.2, -0.15) is 0 Å². The van der Waals surface area contributed by atoms with Crippen LogP contribution in [0.2, 0.25) is 0 Å². The zero-order valence-corrected chi connectivity index (χ0v) is 32.1. The van der Waals surface area contributed by atoms with Crippen LogP contribution < -0.4 is 5.32 Å². The van der Waals surface area contributed by atoms with Crippen LogP contribution in [0.25, 0.3) is 0 Å². The van der Waals surface area contributed by atoms with Gasteiger partial charge in [-0.1, -0.05) is 32.9 Å². The third kappa shape index (κ3) is 9.54. The van der Waals surface area contributed by atoms with Gasteiger partial charge in [0.25, 0.3) is 0 Å². The van der Waals surface area contributed by atoms with Gasteiger partial charge in [0.2, 0.25) is 5.91 Å². The normalized spacial score (nSPS) is 42.0. The highest BCUT2D eigenvalue weighted by Crippen LogP contribution is 2.53. The summed E-state index contributed by atoms with van der Waals surface area (Å²) in [5, 5.41) is 14.5. The highest BCUT2D eigenvalue weighted by atomic mass is 16.7. The van der Waals surface area contributed by atoms with E-state index in [0.29, 0.717) is 44.9 Å². The van der Waals surface area contributed by atoms with Gasteiger partial charge in [-0.05, 0) is 64.5 Å². The topological polar surface area (TPSA) is 176 Å². The zero-order valence-electron chi connectivity index (χ0n) is 32.1. The standard InChI is InChI=1S/C40H57NO12/c1-8-12-33(45)41-18-11-9-10-13-30-29(44)19-23(2)28(43)22-27-20-25(4)40(51-27)17-16-38(6)32(53-40)15-14-31(52-38)35-36(50-35)37(48-26(5)42)39(7,47)24(3)21-34(46)49-30/h9-11,18,21,23,25,27,30-32,35-37,47H,8,12-17,19-20,22H2,1-7H3,(H,41,45)/b10-9+,18-11-,24-21+/t23-,25-,27+,30+,31-,32+,35+,36+,37+,38-,39+,40+/m0/s1. The first kappa shape index (κ1) is 40.9. The average Bonchev–Trinajstić information content (AvgIpc) is 3.82. The van der Waals surface area contributed by atoms with Gasteiger partial charge in [0.1, 0.15) is 23.6 Å². The summed E-state index contributed by atoms with van der Waals surface area (Å²) in [6.07, 6.45) is 7.07. The smallest absolute Gasteiger partial charge is 0.331 e. The lowest BCUT2D eigenvalue weighted by molar-refractivity contribution is -0.344. The Bertz CT molecular complexity index is 1500. The fraction of sp³-hybridized carbons (Fsp3) is 0.725. The van der Waals surface area contributed by atoms with Crippen molar-refractivity contribution in [3.05, 3.63) is 36.1 Å². The molecule has 12 atom stereocenters. The molecule has 7 aliphatic heterocycles. The van der Waals surface area contributed by atoms with Crippen LogP contribution in [0.5, 0.6) is 0 Å². The van der Waals surface area contributed by atoms with Crippen molar-refractivity contribution < 1.29 is 57.5 Å². The molecule has 0 unspecified atom stereocenters. The number of allylic oxidation sites excluding steroid dienone is 2. The third-order valence-corrected chi connectivity index (χ3v) is 11.6. The molecule has 0 aromatic rings. The van der Waals surface area contributed by atoms with Crippen LogP contribution >= 0.6 is 0 Å². The monoisotopic (exact) mass is 743 g/mol. The van der Waals surface area contributed by atoms with Crippen molar-refractivity contribution in [3.8, 4) is 0 Å². The first-order valence-electron chi connectivity index (χ1n) is 19.1. The fourth-order valence-corrected chi connectivity index (χ4v) is 8.13. The number of epoxide rings is 1. The van der Waals surface area contributed by atoms with E-state index in [1.165, 1.54) is 27.0 Å². The molecule has 0 radical (unpaired) electrons. The van der Waals surface area contributed by atoms with Gasteiger partial charge in [0, 0.05) is 63.1 Å². The minimum Gasteiger partial charge on any atom is -0.456 e. The van der Waals surface area contributed by atoms with E-state index in [2.05, 4.69) is 12.2 Å². The van der Waals surface area contributed by atoms with Gasteiger partial charge in [0.15, 0.2) is 23.8 Å². The Morgan fingerprint density at radius 3 is 2.49 bits per heavy atom. The second-order valence-corrected chi connectivity index (χ2v) is 15.9. The van der Waals surface area contributed by atoms with Crippen molar-refractivity contribution in [2.24, 2.45) is 11.8 Å². The molecule has 1 spiro atoms. The molecule has 7 rings (SSSR count). The molecule has 294 valence electrons. The molecule has 5 bridgehead atoms. The first-order valence-corrected chi connectivity index (χ1v) is 19.1. The predicted molar refractivity (Wildman–Crippen MR) is 191 cm³/mol. The Morgan fingerprint density at radius 2 is 1.77 bits per heavy atom. The Hall–Kier alpha value is -3.23. The average molecular weight is 744 g/mol. The van der Waals surface area contributed by atoms with Crippen molar-refractivity contribution in [2.75, 3.05) is 0 Å². The second-order valence-electron chi connectivity index (χ2n) is 15.9.